The highest BCUT2D eigenvalue weighted by atomic mass is 16.5. The molecule has 0 atom stereocenters. The zero-order valence-electron chi connectivity index (χ0n) is 7.33. The maximum absolute atomic E-state index is 8.50. The summed E-state index contributed by atoms with van der Waals surface area (Å²) in [6, 6.07) is 7.66. The van der Waals surface area contributed by atoms with Crippen LogP contribution in [0.15, 0.2) is 24.3 Å². The third-order valence-electron chi connectivity index (χ3n) is 1.23. The molecule has 1 rings (SSSR count). The Labute approximate surface area is 67.8 Å². The Morgan fingerprint density at radius 1 is 1.09 bits per heavy atom. The van der Waals surface area contributed by atoms with Crippen LogP contribution in [0.1, 0.15) is 19.4 Å². The summed E-state index contributed by atoms with van der Waals surface area (Å²) in [6.45, 7) is 6.02. The molecule has 0 heterocycles. The van der Waals surface area contributed by atoms with Gasteiger partial charge in [0.25, 0.3) is 0 Å². The predicted octanol–water partition coefficient (Wildman–Crippen LogP) is 1.61. The first kappa shape index (κ1) is 10.1. The molecule has 2 heteroatoms. The maximum Gasteiger partial charge on any atom is 0.161 e. The molecule has 0 saturated carbocycles. The molecule has 2 nitrogen and oxygen atoms in total. The van der Waals surface area contributed by atoms with Crippen molar-refractivity contribution in [1.29, 1.82) is 0 Å². The van der Waals surface area contributed by atoms with Gasteiger partial charge in [0.05, 0.1) is 0 Å². The van der Waals surface area contributed by atoms with E-state index >= 15 is 0 Å². The van der Waals surface area contributed by atoms with Gasteiger partial charge in [-0.05, 0) is 6.92 Å². The van der Waals surface area contributed by atoms with Crippen LogP contribution >= 0.6 is 0 Å². The van der Waals surface area contributed by atoms with E-state index in [2.05, 4.69) is 0 Å². The van der Waals surface area contributed by atoms with E-state index in [0.717, 1.165) is 11.2 Å². The number of benzene rings is 1. The second kappa shape index (κ2) is 5.89. The van der Waals surface area contributed by atoms with Crippen molar-refractivity contribution in [3.05, 3.63) is 29.8 Å². The van der Waals surface area contributed by atoms with Crippen molar-refractivity contribution in [1.82, 2.24) is 0 Å². The summed E-state index contributed by atoms with van der Waals surface area (Å²) in [6.07, 6.45) is 0. The Morgan fingerprint density at radius 2 is 1.55 bits per heavy atom. The number of nitrogens with two attached hydrogens (primary N) is 1. The van der Waals surface area contributed by atoms with E-state index in [1.807, 2.05) is 45.0 Å². The van der Waals surface area contributed by atoms with Gasteiger partial charge in [0, 0.05) is 12.1 Å². The number of rotatable bonds is 1. The highest BCUT2D eigenvalue weighted by Crippen LogP contribution is 2.01. The Bertz CT molecular complexity index is 181. The fourth-order valence-electron chi connectivity index (χ4n) is 0.653. The summed E-state index contributed by atoms with van der Waals surface area (Å²) in [5, 5.41) is 8.50. The topological polar surface area (TPSA) is 36.8 Å². The lowest BCUT2D eigenvalue weighted by atomic mass is 10.2. The van der Waals surface area contributed by atoms with Gasteiger partial charge in [-0.15, -0.1) is 0 Å². The van der Waals surface area contributed by atoms with Gasteiger partial charge in [-0.2, -0.15) is 5.48 Å². The SMILES string of the molecule is CC.Cc1ccc([NH2+]O)cc1. The van der Waals surface area contributed by atoms with E-state index in [-0.39, 0.29) is 0 Å². The molecule has 0 aromatic heterocycles. The van der Waals surface area contributed by atoms with Crippen LogP contribution in [0.25, 0.3) is 0 Å². The van der Waals surface area contributed by atoms with E-state index in [1.165, 1.54) is 5.56 Å². The predicted molar refractivity (Wildman–Crippen MR) is 45.9 cm³/mol. The molecule has 0 unspecified atom stereocenters. The number of quaternary nitrogens is 1. The summed E-state index contributed by atoms with van der Waals surface area (Å²) in [5.41, 5.74) is 3.15. The Kier molecular flexibility index (Phi) is 5.43. The summed E-state index contributed by atoms with van der Waals surface area (Å²) in [5.74, 6) is 0. The van der Waals surface area contributed by atoms with Crippen molar-refractivity contribution in [2.24, 2.45) is 0 Å². The summed E-state index contributed by atoms with van der Waals surface area (Å²) in [7, 11) is 0. The van der Waals surface area contributed by atoms with Gasteiger partial charge in [0.15, 0.2) is 5.69 Å². The summed E-state index contributed by atoms with van der Waals surface area (Å²) in [4.78, 5) is 0. The molecular weight excluding hydrogens is 138 g/mol. The number of aryl methyl sites for hydroxylation is 1. The fourth-order valence-corrected chi connectivity index (χ4v) is 0.653. The van der Waals surface area contributed by atoms with Crippen LogP contribution in [-0.4, -0.2) is 5.21 Å². The van der Waals surface area contributed by atoms with Gasteiger partial charge in [0.1, 0.15) is 0 Å². The normalized spacial score (nSPS) is 8.36. The lowest BCUT2D eigenvalue weighted by Crippen LogP contribution is -2.73. The van der Waals surface area contributed by atoms with Gasteiger partial charge in [-0.1, -0.05) is 31.5 Å². The largest absolute Gasteiger partial charge is 0.215 e. The van der Waals surface area contributed by atoms with Crippen molar-refractivity contribution < 1.29 is 10.7 Å². The molecule has 1 aromatic rings. The monoisotopic (exact) mass is 154 g/mol. The van der Waals surface area contributed by atoms with Gasteiger partial charge in [0.2, 0.25) is 0 Å². The van der Waals surface area contributed by atoms with Crippen molar-refractivity contribution in [2.45, 2.75) is 20.8 Å². The standard InChI is InChI=1S/C7H9NO.C2H6/c1-6-2-4-7(8-9)5-3-6;1-2/h2-5,8-9H,1H3;1-2H3/p+1. The molecule has 0 aliphatic heterocycles. The molecule has 3 N–H and O–H groups in total. The maximum atomic E-state index is 8.50. The van der Waals surface area contributed by atoms with Crippen LogP contribution in [0.5, 0.6) is 0 Å². The third-order valence-corrected chi connectivity index (χ3v) is 1.23. The average molecular weight is 154 g/mol. The van der Waals surface area contributed by atoms with Gasteiger partial charge in [-0.3, -0.25) is 0 Å². The smallest absolute Gasteiger partial charge is 0.161 e. The fraction of sp³-hybridized carbons (Fsp3) is 0.333. The lowest BCUT2D eigenvalue weighted by molar-refractivity contribution is -0.825. The van der Waals surface area contributed by atoms with E-state index in [1.54, 1.807) is 0 Å². The quantitative estimate of drug-likeness (QED) is 0.468. The second-order valence-electron chi connectivity index (χ2n) is 2.04. The van der Waals surface area contributed by atoms with Crippen LogP contribution in [0, 0.1) is 6.92 Å². The molecule has 0 radical (unpaired) electrons. The molecular formula is C9H16NO+. The Morgan fingerprint density at radius 3 is 1.91 bits per heavy atom. The molecule has 11 heavy (non-hydrogen) atoms. The van der Waals surface area contributed by atoms with Gasteiger partial charge < -0.3 is 0 Å². The molecule has 0 spiro atoms. The van der Waals surface area contributed by atoms with Crippen molar-refractivity contribution >= 4 is 5.69 Å². The third kappa shape index (κ3) is 3.75. The van der Waals surface area contributed by atoms with Crippen LogP contribution in [-0.2, 0) is 0 Å². The van der Waals surface area contributed by atoms with E-state index in [0.29, 0.717) is 0 Å². The first-order valence-corrected chi connectivity index (χ1v) is 3.87. The number of hydrogen-bond donors (Lipinski definition) is 2. The van der Waals surface area contributed by atoms with Crippen molar-refractivity contribution in [3.8, 4) is 0 Å². The number of hydrogen-bond acceptors (Lipinski definition) is 1. The first-order valence-electron chi connectivity index (χ1n) is 3.87. The highest BCUT2D eigenvalue weighted by molar-refractivity contribution is 5.30. The minimum atomic E-state index is 0.848. The minimum Gasteiger partial charge on any atom is -0.215 e. The van der Waals surface area contributed by atoms with Crippen LogP contribution < -0.4 is 5.48 Å². The van der Waals surface area contributed by atoms with Gasteiger partial charge in [-0.25, -0.2) is 5.21 Å². The van der Waals surface area contributed by atoms with Crippen LogP contribution in [0.2, 0.25) is 0 Å². The molecule has 1 aromatic carbocycles. The minimum absolute atomic E-state index is 0.848. The Hall–Kier alpha value is -0.860. The van der Waals surface area contributed by atoms with Gasteiger partial charge >= 0.3 is 0 Å². The van der Waals surface area contributed by atoms with Crippen LogP contribution in [0.4, 0.5) is 5.69 Å². The molecule has 0 saturated heterocycles. The molecule has 0 aliphatic rings. The zero-order valence-corrected chi connectivity index (χ0v) is 7.33. The highest BCUT2D eigenvalue weighted by Gasteiger charge is 1.89. The molecule has 0 aliphatic carbocycles. The van der Waals surface area contributed by atoms with E-state index < -0.39 is 0 Å². The van der Waals surface area contributed by atoms with E-state index in [4.69, 9.17) is 5.21 Å². The molecule has 0 amide bonds. The first-order chi connectivity index (χ1) is 5.33. The van der Waals surface area contributed by atoms with Crippen molar-refractivity contribution in [2.75, 3.05) is 0 Å². The van der Waals surface area contributed by atoms with E-state index in [9.17, 15) is 0 Å². The molecule has 0 bridgehead atoms. The zero-order chi connectivity index (χ0) is 8.69. The summed E-state index contributed by atoms with van der Waals surface area (Å²) >= 11 is 0. The summed E-state index contributed by atoms with van der Waals surface area (Å²) < 4.78 is 0. The molecule has 62 valence electrons. The Balaban J connectivity index is 0.000000461. The van der Waals surface area contributed by atoms with Crippen molar-refractivity contribution in [3.63, 3.8) is 0 Å². The molecule has 0 fully saturated rings. The van der Waals surface area contributed by atoms with Crippen LogP contribution in [0.3, 0.4) is 0 Å². The second-order valence-corrected chi connectivity index (χ2v) is 2.04. The lowest BCUT2D eigenvalue weighted by Gasteiger charge is -1.91. The average Bonchev–Trinajstić information content (AvgIpc) is 2.10.